The van der Waals surface area contributed by atoms with Gasteiger partial charge in [0.2, 0.25) is 0 Å². The van der Waals surface area contributed by atoms with Gasteiger partial charge in [-0.25, -0.2) is 0 Å². The zero-order valence-corrected chi connectivity index (χ0v) is 12.8. The molecule has 2 heterocycles. The highest BCUT2D eigenvalue weighted by Crippen LogP contribution is 2.18. The molecule has 1 aliphatic carbocycles. The molecular weight excluding hydrogens is 371 g/mol. The molecule has 0 unspecified atom stereocenters. The highest BCUT2D eigenvalue weighted by atomic mass is 127. The van der Waals surface area contributed by atoms with E-state index in [1.807, 2.05) is 28.7 Å². The molecule has 0 atom stereocenters. The topological polar surface area (TPSA) is 90.6 Å². The highest BCUT2D eigenvalue weighted by Gasteiger charge is 2.16. The van der Waals surface area contributed by atoms with Crippen LogP contribution in [-0.2, 0) is 19.4 Å². The first-order valence-corrected chi connectivity index (χ1v) is 7.44. The van der Waals surface area contributed by atoms with Gasteiger partial charge in [-0.3, -0.25) is 14.7 Å². The molecule has 3 rings (SSSR count). The summed E-state index contributed by atoms with van der Waals surface area (Å²) in [6.07, 6.45) is 4.48. The fraction of sp³-hybridized carbons (Fsp3) is 0.308. The molecular formula is C13H13IN4O2. The molecule has 2 aromatic heterocycles. The second kappa shape index (κ2) is 5.39. The maximum atomic E-state index is 12.0. The van der Waals surface area contributed by atoms with Crippen molar-refractivity contribution in [2.24, 2.45) is 0 Å². The number of nitrogens with one attached hydrogen (secondary N) is 3. The number of aromatic nitrogens is 3. The Balaban J connectivity index is 1.75. The number of halogens is 1. The van der Waals surface area contributed by atoms with Gasteiger partial charge in [0.15, 0.2) is 0 Å². The second-order valence-electron chi connectivity index (χ2n) is 4.76. The van der Waals surface area contributed by atoms with Crippen molar-refractivity contribution in [3.63, 3.8) is 0 Å². The first kappa shape index (κ1) is 13.3. The Morgan fingerprint density at radius 3 is 3.05 bits per heavy atom. The normalized spacial score (nSPS) is 13.2. The lowest BCUT2D eigenvalue weighted by Gasteiger charge is -2.06. The van der Waals surface area contributed by atoms with Crippen LogP contribution in [0.25, 0.3) is 0 Å². The van der Waals surface area contributed by atoms with Gasteiger partial charge < -0.3 is 10.3 Å². The number of carbonyl (C=O) groups is 1. The molecule has 0 saturated heterocycles. The second-order valence-corrected chi connectivity index (χ2v) is 5.84. The van der Waals surface area contributed by atoms with Crippen molar-refractivity contribution in [1.82, 2.24) is 20.5 Å². The summed E-state index contributed by atoms with van der Waals surface area (Å²) in [6.45, 7) is 0.225. The van der Waals surface area contributed by atoms with Gasteiger partial charge in [0.05, 0.1) is 11.8 Å². The summed E-state index contributed by atoms with van der Waals surface area (Å²) in [5.41, 5.74) is 3.19. The van der Waals surface area contributed by atoms with Crippen LogP contribution in [0, 0.1) is 3.70 Å². The van der Waals surface area contributed by atoms with Crippen molar-refractivity contribution in [2.45, 2.75) is 25.8 Å². The number of amides is 1. The SMILES string of the molecule is O=C(NCc1cc2c([nH]c1=O)CCC2)c1cn[nH]c1I. The van der Waals surface area contributed by atoms with Crippen molar-refractivity contribution in [3.05, 3.63) is 48.7 Å². The fourth-order valence-electron chi connectivity index (χ4n) is 2.39. The number of fused-ring (bicyclic) bond motifs is 1. The van der Waals surface area contributed by atoms with E-state index in [0.29, 0.717) is 14.8 Å². The lowest BCUT2D eigenvalue weighted by molar-refractivity contribution is 0.0950. The minimum Gasteiger partial charge on any atom is -0.348 e. The highest BCUT2D eigenvalue weighted by molar-refractivity contribution is 14.1. The van der Waals surface area contributed by atoms with Crippen LogP contribution >= 0.6 is 22.6 Å². The zero-order valence-electron chi connectivity index (χ0n) is 10.6. The van der Waals surface area contributed by atoms with Gasteiger partial charge in [-0.15, -0.1) is 0 Å². The summed E-state index contributed by atoms with van der Waals surface area (Å²) in [6, 6.07) is 1.90. The monoisotopic (exact) mass is 384 g/mol. The summed E-state index contributed by atoms with van der Waals surface area (Å²) in [5.74, 6) is -0.233. The maximum Gasteiger partial charge on any atom is 0.255 e. The van der Waals surface area contributed by atoms with Crippen LogP contribution in [0.1, 0.15) is 33.6 Å². The number of aromatic amines is 2. The molecule has 0 aliphatic heterocycles. The average molecular weight is 384 g/mol. The van der Waals surface area contributed by atoms with Gasteiger partial charge in [0, 0.05) is 17.8 Å². The number of hydrogen-bond donors (Lipinski definition) is 3. The summed E-state index contributed by atoms with van der Waals surface area (Å²) >= 11 is 2.01. The third-order valence-corrected chi connectivity index (χ3v) is 4.26. The molecule has 104 valence electrons. The number of rotatable bonds is 3. The van der Waals surface area contributed by atoms with Gasteiger partial charge in [-0.05, 0) is 53.5 Å². The molecule has 0 spiro atoms. The van der Waals surface area contributed by atoms with Gasteiger partial charge >= 0.3 is 0 Å². The molecule has 6 nitrogen and oxygen atoms in total. The Morgan fingerprint density at radius 1 is 1.45 bits per heavy atom. The number of nitrogens with zero attached hydrogens (tertiary/aromatic N) is 1. The Morgan fingerprint density at radius 2 is 2.30 bits per heavy atom. The summed E-state index contributed by atoms with van der Waals surface area (Å²) in [4.78, 5) is 26.8. The van der Waals surface area contributed by atoms with Gasteiger partial charge in [0.1, 0.15) is 3.70 Å². The predicted octanol–water partition coefficient (Wildman–Crippen LogP) is 1.12. The number of carbonyl (C=O) groups excluding carboxylic acids is 1. The number of hydrogen-bond acceptors (Lipinski definition) is 3. The Kier molecular flexibility index (Phi) is 3.60. The van der Waals surface area contributed by atoms with E-state index in [0.717, 1.165) is 25.0 Å². The smallest absolute Gasteiger partial charge is 0.255 e. The molecule has 0 bridgehead atoms. The van der Waals surface area contributed by atoms with Crippen LogP contribution in [0.4, 0.5) is 0 Å². The van der Waals surface area contributed by atoms with Crippen LogP contribution in [0.15, 0.2) is 17.1 Å². The third kappa shape index (κ3) is 2.49. The largest absolute Gasteiger partial charge is 0.348 e. The Bertz CT molecular complexity index is 719. The van der Waals surface area contributed by atoms with E-state index in [2.05, 4.69) is 20.5 Å². The minimum absolute atomic E-state index is 0.118. The zero-order chi connectivity index (χ0) is 14.1. The summed E-state index contributed by atoms with van der Waals surface area (Å²) in [7, 11) is 0. The van der Waals surface area contributed by atoms with E-state index >= 15 is 0 Å². The lowest BCUT2D eigenvalue weighted by Crippen LogP contribution is -2.27. The first-order valence-electron chi connectivity index (χ1n) is 6.36. The predicted molar refractivity (Wildman–Crippen MR) is 81.6 cm³/mol. The molecule has 0 radical (unpaired) electrons. The van der Waals surface area contributed by atoms with Crippen molar-refractivity contribution >= 4 is 28.5 Å². The van der Waals surface area contributed by atoms with E-state index < -0.39 is 0 Å². The third-order valence-electron chi connectivity index (χ3n) is 3.44. The molecule has 3 N–H and O–H groups in total. The van der Waals surface area contributed by atoms with Crippen molar-refractivity contribution < 1.29 is 4.79 Å². The molecule has 1 aliphatic rings. The Labute approximate surface area is 128 Å². The van der Waals surface area contributed by atoms with Crippen LogP contribution in [0.3, 0.4) is 0 Å². The van der Waals surface area contributed by atoms with E-state index in [4.69, 9.17) is 0 Å². The summed E-state index contributed by atoms with van der Waals surface area (Å²) in [5, 5.41) is 9.25. The van der Waals surface area contributed by atoms with Crippen molar-refractivity contribution in [2.75, 3.05) is 0 Å². The maximum absolute atomic E-state index is 12.0. The number of pyridine rings is 1. The van der Waals surface area contributed by atoms with Crippen molar-refractivity contribution in [3.8, 4) is 0 Å². The summed E-state index contributed by atoms with van der Waals surface area (Å²) < 4.78 is 0.683. The van der Waals surface area contributed by atoms with Crippen LogP contribution in [0.5, 0.6) is 0 Å². The number of aryl methyl sites for hydroxylation is 2. The molecule has 0 aromatic carbocycles. The van der Waals surface area contributed by atoms with Crippen LogP contribution in [-0.4, -0.2) is 21.1 Å². The van der Waals surface area contributed by atoms with Gasteiger partial charge in [-0.2, -0.15) is 5.10 Å². The average Bonchev–Trinajstić information content (AvgIpc) is 3.04. The standard InChI is InChI=1S/C13H13IN4O2/c14-11-9(6-16-18-11)13(20)15-5-8-4-7-2-1-3-10(7)17-12(8)19/h4,6H,1-3,5H2,(H,15,20)(H,16,18)(H,17,19). The molecule has 20 heavy (non-hydrogen) atoms. The molecule has 0 fully saturated rings. The van der Waals surface area contributed by atoms with Gasteiger partial charge in [-0.1, -0.05) is 0 Å². The number of H-pyrrole nitrogens is 2. The van der Waals surface area contributed by atoms with Crippen LogP contribution < -0.4 is 10.9 Å². The Hall–Kier alpha value is -1.64. The quantitative estimate of drug-likeness (QED) is 0.693. The molecule has 2 aromatic rings. The minimum atomic E-state index is -0.233. The van der Waals surface area contributed by atoms with E-state index in [1.54, 1.807) is 0 Å². The van der Waals surface area contributed by atoms with Gasteiger partial charge in [0.25, 0.3) is 11.5 Å². The van der Waals surface area contributed by atoms with E-state index in [1.165, 1.54) is 11.8 Å². The lowest BCUT2D eigenvalue weighted by atomic mass is 10.1. The van der Waals surface area contributed by atoms with E-state index in [9.17, 15) is 9.59 Å². The molecule has 0 saturated carbocycles. The fourth-order valence-corrected chi connectivity index (χ4v) is 2.92. The van der Waals surface area contributed by atoms with E-state index in [-0.39, 0.29) is 18.0 Å². The van der Waals surface area contributed by atoms with Crippen molar-refractivity contribution in [1.29, 1.82) is 0 Å². The first-order chi connectivity index (χ1) is 9.65. The van der Waals surface area contributed by atoms with Crippen LogP contribution in [0.2, 0.25) is 0 Å². The molecule has 7 heteroatoms. The molecule has 1 amide bonds.